The Balaban J connectivity index is 1.71. The average molecular weight is 410 g/mol. The number of carbonyl (C=O) groups is 1. The largest absolute Gasteiger partial charge is 0.335 e. The Bertz CT molecular complexity index is 885. The lowest BCUT2D eigenvalue weighted by molar-refractivity contribution is -0.132. The number of para-hydroxylation sites is 1. The molecule has 3 rings (SSSR count). The molecule has 1 fully saturated rings. The molecule has 0 aliphatic carbocycles. The predicted octanol–water partition coefficient (Wildman–Crippen LogP) is 1.57. The van der Waals surface area contributed by atoms with Crippen molar-refractivity contribution >= 4 is 27.5 Å². The Morgan fingerprint density at radius 2 is 2.11 bits per heavy atom. The van der Waals surface area contributed by atoms with Crippen molar-refractivity contribution in [3.8, 4) is 5.69 Å². The summed E-state index contributed by atoms with van der Waals surface area (Å²) in [5.41, 5.74) is 0.818. The summed E-state index contributed by atoms with van der Waals surface area (Å²) in [6, 6.07) is 9.20. The zero-order chi connectivity index (χ0) is 19.4. The molecule has 2 aromatic rings. The SMILES string of the molecule is CCC(C)N(C(=O)CSc1nnnn1-c1ccccc1)C1CCS(=O)(=O)C1. The Kier molecular flexibility index (Phi) is 6.15. The third-order valence-corrected chi connectivity index (χ3v) is 7.38. The molecule has 0 spiro atoms. The maximum Gasteiger partial charge on any atom is 0.233 e. The van der Waals surface area contributed by atoms with Gasteiger partial charge in [0.05, 0.1) is 22.9 Å². The Morgan fingerprint density at radius 1 is 1.37 bits per heavy atom. The summed E-state index contributed by atoms with van der Waals surface area (Å²) in [4.78, 5) is 14.7. The van der Waals surface area contributed by atoms with Gasteiger partial charge in [0.2, 0.25) is 11.1 Å². The van der Waals surface area contributed by atoms with E-state index < -0.39 is 9.84 Å². The molecule has 0 N–H and O–H groups in total. The minimum atomic E-state index is -3.05. The zero-order valence-corrected chi connectivity index (χ0v) is 17.0. The number of thioether (sulfide) groups is 1. The Morgan fingerprint density at radius 3 is 2.74 bits per heavy atom. The van der Waals surface area contributed by atoms with Gasteiger partial charge in [0.25, 0.3) is 0 Å². The van der Waals surface area contributed by atoms with Gasteiger partial charge < -0.3 is 4.90 Å². The second-order valence-corrected chi connectivity index (χ2v) is 9.78. The number of rotatable bonds is 7. The standard InChI is InChI=1S/C17H23N5O3S2/c1-3-13(2)21(15-9-10-27(24,25)12-15)16(23)11-26-17-18-19-20-22(17)14-7-5-4-6-8-14/h4-8,13,15H,3,9-12H2,1-2H3. The first-order chi connectivity index (χ1) is 12.9. The molecular weight excluding hydrogens is 386 g/mol. The molecule has 1 aliphatic heterocycles. The molecule has 1 aromatic heterocycles. The molecule has 1 amide bonds. The predicted molar refractivity (Wildman–Crippen MR) is 104 cm³/mol. The van der Waals surface area contributed by atoms with Gasteiger partial charge in [-0.25, -0.2) is 8.42 Å². The van der Waals surface area contributed by atoms with Crippen LogP contribution in [-0.4, -0.2) is 68.8 Å². The highest BCUT2D eigenvalue weighted by Gasteiger charge is 2.36. The van der Waals surface area contributed by atoms with E-state index in [1.54, 1.807) is 9.58 Å². The van der Waals surface area contributed by atoms with Crippen molar-refractivity contribution in [3.05, 3.63) is 30.3 Å². The molecule has 8 nitrogen and oxygen atoms in total. The maximum absolute atomic E-state index is 12.9. The molecule has 2 unspecified atom stereocenters. The lowest BCUT2D eigenvalue weighted by atomic mass is 10.1. The van der Waals surface area contributed by atoms with E-state index in [1.165, 1.54) is 11.8 Å². The first-order valence-corrected chi connectivity index (χ1v) is 11.7. The summed E-state index contributed by atoms with van der Waals surface area (Å²) in [6.07, 6.45) is 1.28. The number of carbonyl (C=O) groups excluding carboxylic acids is 1. The smallest absolute Gasteiger partial charge is 0.233 e. The van der Waals surface area contributed by atoms with Gasteiger partial charge in [0, 0.05) is 12.1 Å². The van der Waals surface area contributed by atoms with Crippen molar-refractivity contribution in [2.75, 3.05) is 17.3 Å². The Labute approximate surface area is 163 Å². The lowest BCUT2D eigenvalue weighted by Crippen LogP contribution is -2.47. The van der Waals surface area contributed by atoms with Crippen molar-refractivity contribution in [1.29, 1.82) is 0 Å². The number of hydrogen-bond acceptors (Lipinski definition) is 7. The number of nitrogens with zero attached hydrogens (tertiary/aromatic N) is 5. The van der Waals surface area contributed by atoms with Gasteiger partial charge in [0.1, 0.15) is 0 Å². The minimum absolute atomic E-state index is 0.0125. The number of hydrogen-bond donors (Lipinski definition) is 0. The number of amides is 1. The summed E-state index contributed by atoms with van der Waals surface area (Å²) in [6.45, 7) is 3.96. The molecule has 146 valence electrons. The summed E-state index contributed by atoms with van der Waals surface area (Å²) in [5.74, 6) is 0.278. The summed E-state index contributed by atoms with van der Waals surface area (Å²) < 4.78 is 25.3. The third kappa shape index (κ3) is 4.67. The molecule has 1 saturated heterocycles. The topological polar surface area (TPSA) is 98.1 Å². The van der Waals surface area contributed by atoms with Crippen LogP contribution in [0.5, 0.6) is 0 Å². The molecular formula is C17H23N5O3S2. The highest BCUT2D eigenvalue weighted by atomic mass is 32.2. The van der Waals surface area contributed by atoms with E-state index in [0.717, 1.165) is 12.1 Å². The fraction of sp³-hybridized carbons (Fsp3) is 0.529. The highest BCUT2D eigenvalue weighted by molar-refractivity contribution is 7.99. The average Bonchev–Trinajstić information content (AvgIpc) is 3.27. The third-order valence-electron chi connectivity index (χ3n) is 4.72. The van der Waals surface area contributed by atoms with Crippen LogP contribution in [-0.2, 0) is 14.6 Å². The van der Waals surface area contributed by atoms with Crippen LogP contribution < -0.4 is 0 Å². The van der Waals surface area contributed by atoms with Gasteiger partial charge in [-0.2, -0.15) is 4.68 Å². The van der Waals surface area contributed by atoms with Crippen LogP contribution in [0.4, 0.5) is 0 Å². The molecule has 2 atom stereocenters. The van der Waals surface area contributed by atoms with Crippen molar-refractivity contribution in [1.82, 2.24) is 25.1 Å². The van der Waals surface area contributed by atoms with Crippen molar-refractivity contribution < 1.29 is 13.2 Å². The fourth-order valence-corrected chi connectivity index (χ4v) is 5.67. The van der Waals surface area contributed by atoms with Crippen LogP contribution in [0.1, 0.15) is 26.7 Å². The minimum Gasteiger partial charge on any atom is -0.335 e. The summed E-state index contributed by atoms with van der Waals surface area (Å²) in [7, 11) is -3.05. The van der Waals surface area contributed by atoms with Crippen LogP contribution in [0.25, 0.3) is 5.69 Å². The summed E-state index contributed by atoms with van der Waals surface area (Å²) in [5, 5.41) is 12.2. The highest BCUT2D eigenvalue weighted by Crippen LogP contribution is 2.24. The van der Waals surface area contributed by atoms with Crippen LogP contribution in [0.3, 0.4) is 0 Å². The molecule has 27 heavy (non-hydrogen) atoms. The quantitative estimate of drug-likeness (QED) is 0.640. The molecule has 1 aromatic carbocycles. The normalized spacial score (nSPS) is 19.7. The van der Waals surface area contributed by atoms with Gasteiger partial charge in [0.15, 0.2) is 9.84 Å². The van der Waals surface area contributed by atoms with E-state index in [9.17, 15) is 13.2 Å². The van der Waals surface area contributed by atoms with E-state index in [0.29, 0.717) is 11.6 Å². The van der Waals surface area contributed by atoms with Crippen molar-refractivity contribution in [2.24, 2.45) is 0 Å². The molecule has 10 heteroatoms. The molecule has 0 saturated carbocycles. The maximum atomic E-state index is 12.9. The van der Waals surface area contributed by atoms with Gasteiger partial charge in [-0.15, -0.1) is 5.10 Å². The Hall–Kier alpha value is -1.94. The lowest BCUT2D eigenvalue weighted by Gasteiger charge is -2.33. The van der Waals surface area contributed by atoms with Crippen LogP contribution >= 0.6 is 11.8 Å². The fourth-order valence-electron chi connectivity index (χ4n) is 3.20. The van der Waals surface area contributed by atoms with Crippen LogP contribution in [0.15, 0.2) is 35.5 Å². The first kappa shape index (κ1) is 19.8. The number of benzene rings is 1. The first-order valence-electron chi connectivity index (χ1n) is 8.89. The second-order valence-electron chi connectivity index (χ2n) is 6.61. The second kappa shape index (κ2) is 8.39. The van der Waals surface area contributed by atoms with Crippen LogP contribution in [0, 0.1) is 0 Å². The number of aromatic nitrogens is 4. The van der Waals surface area contributed by atoms with E-state index >= 15 is 0 Å². The molecule has 0 radical (unpaired) electrons. The molecule has 1 aliphatic rings. The van der Waals surface area contributed by atoms with E-state index in [-0.39, 0.29) is 35.2 Å². The zero-order valence-electron chi connectivity index (χ0n) is 15.4. The molecule has 2 heterocycles. The van der Waals surface area contributed by atoms with E-state index in [2.05, 4.69) is 15.5 Å². The van der Waals surface area contributed by atoms with Crippen LogP contribution in [0.2, 0.25) is 0 Å². The monoisotopic (exact) mass is 409 g/mol. The van der Waals surface area contributed by atoms with Crippen molar-refractivity contribution in [2.45, 2.75) is 43.9 Å². The number of tetrazole rings is 1. The summed E-state index contributed by atoms with van der Waals surface area (Å²) >= 11 is 1.26. The van der Waals surface area contributed by atoms with E-state index in [4.69, 9.17) is 0 Å². The number of sulfone groups is 1. The van der Waals surface area contributed by atoms with Gasteiger partial charge in [-0.3, -0.25) is 4.79 Å². The van der Waals surface area contributed by atoms with Gasteiger partial charge >= 0.3 is 0 Å². The van der Waals surface area contributed by atoms with E-state index in [1.807, 2.05) is 44.2 Å². The van der Waals surface area contributed by atoms with Gasteiger partial charge in [-0.1, -0.05) is 36.9 Å². The van der Waals surface area contributed by atoms with Crippen molar-refractivity contribution in [3.63, 3.8) is 0 Å². The molecule has 0 bridgehead atoms. The van der Waals surface area contributed by atoms with Gasteiger partial charge in [-0.05, 0) is 42.3 Å².